The van der Waals surface area contributed by atoms with E-state index in [1.807, 2.05) is 107 Å². The van der Waals surface area contributed by atoms with Crippen molar-refractivity contribution in [2.45, 2.75) is 105 Å². The quantitative estimate of drug-likeness (QED) is 0.0906. The molecular formula is C46H57N7O7. The van der Waals surface area contributed by atoms with E-state index in [0.29, 0.717) is 5.69 Å². The first-order valence-electron chi connectivity index (χ1n) is 20.2. The maximum atomic E-state index is 14.6. The van der Waals surface area contributed by atoms with Crippen LogP contribution in [0.4, 0.5) is 9.59 Å². The monoisotopic (exact) mass is 819 g/mol. The van der Waals surface area contributed by atoms with Crippen LogP contribution in [0.15, 0.2) is 97.2 Å². The lowest BCUT2D eigenvalue weighted by molar-refractivity contribution is -0.131. The highest BCUT2D eigenvalue weighted by Gasteiger charge is 2.47. The third-order valence-corrected chi connectivity index (χ3v) is 10.5. The molecule has 5 rings (SSSR count). The van der Waals surface area contributed by atoms with Gasteiger partial charge in [0.25, 0.3) is 5.91 Å². The van der Waals surface area contributed by atoms with Gasteiger partial charge in [0.05, 0.1) is 30.1 Å². The molecule has 1 aliphatic heterocycles. The molecule has 0 aliphatic carbocycles. The number of urea groups is 1. The van der Waals surface area contributed by atoms with Crippen LogP contribution in [-0.4, -0.2) is 96.6 Å². The Morgan fingerprint density at radius 2 is 1.43 bits per heavy atom. The van der Waals surface area contributed by atoms with Crippen molar-refractivity contribution in [1.82, 2.24) is 35.7 Å². The van der Waals surface area contributed by atoms with E-state index in [0.717, 1.165) is 33.0 Å². The van der Waals surface area contributed by atoms with E-state index in [-0.39, 0.29) is 32.4 Å². The number of benzene rings is 2. The molecule has 60 heavy (non-hydrogen) atoms. The fraction of sp³-hybridized carbons (Fsp3) is 0.413. The van der Waals surface area contributed by atoms with Crippen LogP contribution in [0.2, 0.25) is 0 Å². The maximum absolute atomic E-state index is 14.6. The number of aromatic nitrogens is 2. The number of aliphatic hydroxyl groups is 1. The van der Waals surface area contributed by atoms with Gasteiger partial charge in [0.1, 0.15) is 18.6 Å². The molecule has 5 atom stereocenters. The number of rotatable bonds is 16. The van der Waals surface area contributed by atoms with Crippen LogP contribution in [0.5, 0.6) is 0 Å². The number of nitrogens with zero attached hydrogens (tertiary/aromatic N) is 4. The molecule has 2 aromatic carbocycles. The number of imide groups is 1. The molecule has 318 valence electrons. The van der Waals surface area contributed by atoms with Crippen molar-refractivity contribution in [3.05, 3.63) is 120 Å². The summed E-state index contributed by atoms with van der Waals surface area (Å²) in [6.07, 6.45) is -0.446. The number of nitrogens with one attached hydrogen (secondary N) is 3. The van der Waals surface area contributed by atoms with Crippen molar-refractivity contribution in [1.29, 1.82) is 0 Å². The van der Waals surface area contributed by atoms with Gasteiger partial charge in [0.2, 0.25) is 11.8 Å². The number of amides is 6. The highest BCUT2D eigenvalue weighted by Crippen LogP contribution is 2.30. The van der Waals surface area contributed by atoms with E-state index in [4.69, 9.17) is 0 Å². The topological polar surface area (TPSA) is 194 Å². The summed E-state index contributed by atoms with van der Waals surface area (Å²) in [4.78, 5) is 78.7. The van der Waals surface area contributed by atoms with Gasteiger partial charge in [-0.3, -0.25) is 29.3 Å². The smallest absolute Gasteiger partial charge is 0.405 e. The second kappa shape index (κ2) is 19.3. The molecule has 14 nitrogen and oxygen atoms in total. The number of aryl methyl sites for hydroxylation is 1. The third-order valence-electron chi connectivity index (χ3n) is 10.5. The molecule has 1 fully saturated rings. The predicted molar refractivity (Wildman–Crippen MR) is 227 cm³/mol. The van der Waals surface area contributed by atoms with Crippen molar-refractivity contribution in [2.24, 2.45) is 10.8 Å². The standard InChI is InChI=1S/C46H57N7O7/c1-29-14-13-17-33(48-29)27-52-38(55)28-53(44(52)60)40(46(5,6)7)42(57)50-36(25-30-15-9-8-10-16-30)37(54)26-34(49-41(56)39(45(2,3)4)51-43(58)59)24-31-19-21-32(22-20-31)35-18-11-12-23-47-35/h8-23,34,36-37,39-40,51,54H,24-28H2,1-7H3,(H,49,56)(H,50,57)(H,58,59)/t34-,36+,37+,39-,40-/m1/s1. The molecule has 0 radical (unpaired) electrons. The van der Waals surface area contributed by atoms with Gasteiger partial charge >= 0.3 is 12.1 Å². The minimum absolute atomic E-state index is 0.0337. The second-order valence-corrected chi connectivity index (χ2v) is 17.6. The Hall–Kier alpha value is -6.15. The van der Waals surface area contributed by atoms with Gasteiger partial charge in [-0.05, 0) is 72.4 Å². The van der Waals surface area contributed by atoms with Crippen LogP contribution in [0.3, 0.4) is 0 Å². The Morgan fingerprint density at radius 3 is 2.03 bits per heavy atom. The average molecular weight is 820 g/mol. The van der Waals surface area contributed by atoms with Crippen LogP contribution in [0.1, 0.15) is 70.5 Å². The normalized spacial score (nSPS) is 15.8. The predicted octanol–water partition coefficient (Wildman–Crippen LogP) is 5.52. The molecule has 0 unspecified atom stereocenters. The zero-order valence-corrected chi connectivity index (χ0v) is 35.4. The fourth-order valence-corrected chi connectivity index (χ4v) is 7.54. The number of hydrogen-bond acceptors (Lipinski definition) is 8. The Morgan fingerprint density at radius 1 is 0.767 bits per heavy atom. The molecule has 4 aromatic rings. The van der Waals surface area contributed by atoms with E-state index in [1.54, 1.807) is 39.1 Å². The Kier molecular flexibility index (Phi) is 14.4. The van der Waals surface area contributed by atoms with Crippen LogP contribution < -0.4 is 16.0 Å². The zero-order valence-electron chi connectivity index (χ0n) is 35.4. The van der Waals surface area contributed by atoms with Gasteiger partial charge in [0, 0.05) is 23.5 Å². The average Bonchev–Trinajstić information content (AvgIpc) is 3.44. The summed E-state index contributed by atoms with van der Waals surface area (Å²) in [6.45, 7) is 12.2. The fourth-order valence-electron chi connectivity index (χ4n) is 7.54. The molecule has 14 heteroatoms. The van der Waals surface area contributed by atoms with Crippen LogP contribution in [0.25, 0.3) is 11.3 Å². The molecular weight excluding hydrogens is 763 g/mol. The van der Waals surface area contributed by atoms with Gasteiger partial charge < -0.3 is 31.1 Å². The lowest BCUT2D eigenvalue weighted by Crippen LogP contribution is -2.59. The van der Waals surface area contributed by atoms with Gasteiger partial charge in [-0.25, -0.2) is 9.59 Å². The van der Waals surface area contributed by atoms with E-state index in [2.05, 4.69) is 25.9 Å². The Labute approximate surface area is 351 Å². The first-order chi connectivity index (χ1) is 28.3. The van der Waals surface area contributed by atoms with Crippen LogP contribution >= 0.6 is 0 Å². The highest BCUT2D eigenvalue weighted by molar-refractivity contribution is 6.04. The van der Waals surface area contributed by atoms with Crippen molar-refractivity contribution >= 4 is 29.8 Å². The van der Waals surface area contributed by atoms with E-state index >= 15 is 0 Å². The van der Waals surface area contributed by atoms with E-state index < -0.39 is 70.9 Å². The van der Waals surface area contributed by atoms with Gasteiger partial charge in [-0.1, -0.05) is 108 Å². The lowest BCUT2D eigenvalue weighted by Gasteiger charge is -2.38. The number of carbonyl (C=O) groups is 5. The van der Waals surface area contributed by atoms with E-state index in [1.165, 1.54) is 4.90 Å². The van der Waals surface area contributed by atoms with Gasteiger partial charge in [-0.15, -0.1) is 0 Å². The zero-order chi connectivity index (χ0) is 43.8. The molecule has 6 amide bonds. The summed E-state index contributed by atoms with van der Waals surface area (Å²) in [6, 6.07) is 23.5. The Bertz CT molecular complexity index is 2120. The summed E-state index contributed by atoms with van der Waals surface area (Å²) in [5.41, 5.74) is 3.00. The summed E-state index contributed by atoms with van der Waals surface area (Å²) < 4.78 is 0. The number of hydrogen-bond donors (Lipinski definition) is 5. The minimum Gasteiger partial charge on any atom is -0.465 e. The lowest BCUT2D eigenvalue weighted by atomic mass is 9.84. The molecule has 0 spiro atoms. The van der Waals surface area contributed by atoms with Gasteiger partial charge in [-0.2, -0.15) is 0 Å². The first kappa shape index (κ1) is 44.9. The minimum atomic E-state index is -1.35. The molecule has 0 saturated carbocycles. The number of pyridine rings is 2. The molecule has 3 heterocycles. The summed E-state index contributed by atoms with van der Waals surface area (Å²) in [7, 11) is 0. The van der Waals surface area contributed by atoms with Crippen molar-refractivity contribution in [3.63, 3.8) is 0 Å². The molecule has 1 saturated heterocycles. The number of aliphatic hydroxyl groups excluding tert-OH is 1. The third kappa shape index (κ3) is 12.0. The van der Waals surface area contributed by atoms with Crippen molar-refractivity contribution in [2.75, 3.05) is 6.54 Å². The molecule has 1 aliphatic rings. The molecule has 2 aromatic heterocycles. The number of carbonyl (C=O) groups excluding carboxylic acids is 4. The molecule has 5 N–H and O–H groups in total. The highest BCUT2D eigenvalue weighted by atomic mass is 16.4. The van der Waals surface area contributed by atoms with Crippen molar-refractivity contribution < 1.29 is 34.2 Å². The van der Waals surface area contributed by atoms with Crippen molar-refractivity contribution in [3.8, 4) is 11.3 Å². The Balaban J connectivity index is 1.43. The summed E-state index contributed by atoms with van der Waals surface area (Å²) >= 11 is 0. The first-order valence-corrected chi connectivity index (χ1v) is 20.2. The van der Waals surface area contributed by atoms with Gasteiger partial charge in [0.15, 0.2) is 0 Å². The van der Waals surface area contributed by atoms with Crippen LogP contribution in [0, 0.1) is 17.8 Å². The second-order valence-electron chi connectivity index (χ2n) is 17.6. The largest absolute Gasteiger partial charge is 0.465 e. The summed E-state index contributed by atoms with van der Waals surface area (Å²) in [5, 5.41) is 30.2. The summed E-state index contributed by atoms with van der Waals surface area (Å²) in [5.74, 6) is -1.57. The van der Waals surface area contributed by atoms with E-state index in [9.17, 15) is 34.2 Å². The maximum Gasteiger partial charge on any atom is 0.405 e. The SMILES string of the molecule is Cc1cccc(CN2C(=O)CN([C@H](C(=O)N[C@@H](Cc3ccccc3)[C@@H](O)C[C@@H](Cc3ccc(-c4ccccn4)cc3)NC(=O)[C@@H](NC(=O)O)C(C)(C)C)C(C)(C)C)C2=O)n1. The number of carboxylic acid groups (broad SMARTS) is 1. The van der Waals surface area contributed by atoms with Crippen LogP contribution in [-0.2, 0) is 33.8 Å². The molecule has 0 bridgehead atoms.